The van der Waals surface area contributed by atoms with Crippen LogP contribution in [0.15, 0.2) is 11.1 Å². The van der Waals surface area contributed by atoms with E-state index in [-0.39, 0.29) is 35.1 Å². The predicted molar refractivity (Wildman–Crippen MR) is 87.2 cm³/mol. The summed E-state index contributed by atoms with van der Waals surface area (Å²) in [7, 11) is 0. The Morgan fingerprint density at radius 2 is 1.96 bits per heavy atom. The number of likely N-dealkylation sites (tertiary alicyclic amines) is 1. The van der Waals surface area contributed by atoms with Gasteiger partial charge < -0.3 is 4.90 Å². The second-order valence-electron chi connectivity index (χ2n) is 5.78. The summed E-state index contributed by atoms with van der Waals surface area (Å²) in [4.78, 5) is 17.3. The molecule has 2 heterocycles. The third-order valence-corrected chi connectivity index (χ3v) is 5.14. The average molecular weight is 330 g/mol. The predicted octanol–water partition coefficient (Wildman–Crippen LogP) is 1.71. The van der Waals surface area contributed by atoms with E-state index in [0.29, 0.717) is 10.6 Å². The van der Waals surface area contributed by atoms with Crippen molar-refractivity contribution in [1.82, 2.24) is 4.90 Å². The lowest BCUT2D eigenvalue weighted by Crippen LogP contribution is -2.48. The number of aromatic nitrogens is 1. The van der Waals surface area contributed by atoms with Crippen molar-refractivity contribution < 1.29 is 9.78 Å². The van der Waals surface area contributed by atoms with Crippen molar-refractivity contribution in [2.45, 2.75) is 50.2 Å². The second kappa shape index (κ2) is 7.34. The van der Waals surface area contributed by atoms with Crippen LogP contribution < -0.4 is 10.7 Å². The topological polar surface area (TPSA) is 108 Å². The van der Waals surface area contributed by atoms with Crippen LogP contribution in [0.3, 0.4) is 0 Å². The van der Waals surface area contributed by atoms with Crippen molar-refractivity contribution in [2.24, 2.45) is 0 Å². The van der Waals surface area contributed by atoms with Crippen LogP contribution >= 0.6 is 11.8 Å². The van der Waals surface area contributed by atoms with Gasteiger partial charge in [-0.2, -0.15) is 10.5 Å². The molecule has 0 unspecified atom stereocenters. The molecule has 1 fully saturated rings. The van der Waals surface area contributed by atoms with Crippen molar-refractivity contribution in [1.29, 1.82) is 10.5 Å². The minimum Gasteiger partial charge on any atom is -0.337 e. The number of anilines is 1. The molecular formula is C16H20N5OS+. The van der Waals surface area contributed by atoms with Gasteiger partial charge in [0.25, 0.3) is 5.82 Å². The first-order valence-electron chi connectivity index (χ1n) is 7.57. The number of thioether (sulfide) groups is 1. The van der Waals surface area contributed by atoms with E-state index in [0.717, 1.165) is 19.3 Å². The van der Waals surface area contributed by atoms with E-state index in [1.54, 1.807) is 0 Å². The summed E-state index contributed by atoms with van der Waals surface area (Å²) in [5.41, 5.74) is 6.31. The van der Waals surface area contributed by atoms with E-state index in [1.165, 1.54) is 17.8 Å². The van der Waals surface area contributed by atoms with Gasteiger partial charge in [-0.15, -0.1) is 0 Å². The zero-order valence-electron chi connectivity index (χ0n) is 13.3. The maximum Gasteiger partial charge on any atom is 0.289 e. The van der Waals surface area contributed by atoms with Gasteiger partial charge in [-0.1, -0.05) is 11.8 Å². The molecule has 0 spiro atoms. The van der Waals surface area contributed by atoms with Crippen LogP contribution in [0.4, 0.5) is 5.82 Å². The highest BCUT2D eigenvalue weighted by Gasteiger charge is 2.29. The molecule has 0 radical (unpaired) electrons. The molecule has 1 aliphatic rings. The molecule has 1 aromatic heterocycles. The van der Waals surface area contributed by atoms with Crippen molar-refractivity contribution in [3.8, 4) is 12.1 Å². The van der Waals surface area contributed by atoms with Crippen molar-refractivity contribution in [2.75, 3.05) is 11.5 Å². The quantitative estimate of drug-likeness (QED) is 0.849. The number of piperidine rings is 1. The summed E-state index contributed by atoms with van der Waals surface area (Å²) in [6.45, 7) is 4.15. The van der Waals surface area contributed by atoms with E-state index in [4.69, 9.17) is 11.0 Å². The minimum absolute atomic E-state index is 0.0647. The van der Waals surface area contributed by atoms with E-state index >= 15 is 0 Å². The van der Waals surface area contributed by atoms with Crippen LogP contribution in [0.1, 0.15) is 44.2 Å². The molecule has 0 aliphatic carbocycles. The second-order valence-corrected chi connectivity index (χ2v) is 6.77. The zero-order chi connectivity index (χ0) is 17.0. The van der Waals surface area contributed by atoms with Crippen LogP contribution in [-0.2, 0) is 4.79 Å². The summed E-state index contributed by atoms with van der Waals surface area (Å²) < 4.78 is 0. The molecule has 7 heteroatoms. The molecule has 1 saturated heterocycles. The summed E-state index contributed by atoms with van der Waals surface area (Å²) >= 11 is 1.25. The van der Waals surface area contributed by atoms with E-state index < -0.39 is 0 Å². The molecule has 3 N–H and O–H groups in total. The van der Waals surface area contributed by atoms with Gasteiger partial charge in [0, 0.05) is 12.1 Å². The number of nitrogens with zero attached hydrogens (tertiary/aromatic N) is 3. The van der Waals surface area contributed by atoms with Gasteiger partial charge in [0.05, 0.1) is 5.75 Å². The lowest BCUT2D eigenvalue weighted by molar-refractivity contribution is -0.410. The smallest absolute Gasteiger partial charge is 0.289 e. The van der Waals surface area contributed by atoms with Gasteiger partial charge in [0.2, 0.25) is 5.91 Å². The third-order valence-electron chi connectivity index (χ3n) is 4.13. The number of hydrogen-bond acceptors (Lipinski definition) is 5. The van der Waals surface area contributed by atoms with Gasteiger partial charge in [-0.25, -0.2) is 4.98 Å². The van der Waals surface area contributed by atoms with Gasteiger partial charge in [0.15, 0.2) is 5.03 Å². The van der Waals surface area contributed by atoms with Crippen LogP contribution in [0.5, 0.6) is 0 Å². The summed E-state index contributed by atoms with van der Waals surface area (Å²) in [6.07, 6.45) is 3.21. The molecule has 0 saturated carbocycles. The molecule has 0 bridgehead atoms. The minimum atomic E-state index is 0.0647. The molecule has 2 rings (SSSR count). The van der Waals surface area contributed by atoms with Crippen LogP contribution in [0.2, 0.25) is 0 Å². The Balaban J connectivity index is 2.12. The monoisotopic (exact) mass is 330 g/mol. The third kappa shape index (κ3) is 3.75. The maximum absolute atomic E-state index is 12.5. The Bertz CT molecular complexity index is 681. The maximum atomic E-state index is 12.5. The number of aromatic amines is 1. The van der Waals surface area contributed by atoms with Crippen LogP contribution in [0.25, 0.3) is 0 Å². The van der Waals surface area contributed by atoms with Crippen LogP contribution in [-0.4, -0.2) is 28.6 Å². The lowest BCUT2D eigenvalue weighted by atomic mass is 9.98. The number of carbonyl (C=O) groups is 1. The number of H-pyrrole nitrogens is 1. The molecule has 1 amide bonds. The first-order valence-corrected chi connectivity index (χ1v) is 8.56. The molecule has 1 aromatic rings. The largest absolute Gasteiger partial charge is 0.337 e. The summed E-state index contributed by atoms with van der Waals surface area (Å²) in [5.74, 6) is 0.515. The van der Waals surface area contributed by atoms with Gasteiger partial charge in [0.1, 0.15) is 23.3 Å². The number of nitrogens with two attached hydrogens (primary N) is 1. The normalized spacial score (nSPS) is 20.6. The molecule has 2 atom stereocenters. The van der Waals surface area contributed by atoms with Gasteiger partial charge >= 0.3 is 0 Å². The Labute approximate surface area is 140 Å². The molecular weight excluding hydrogens is 310 g/mol. The number of nitrogens with one attached hydrogen (secondary N) is 1. The summed E-state index contributed by atoms with van der Waals surface area (Å²) in [6, 6.07) is 5.91. The first-order chi connectivity index (χ1) is 11.0. The van der Waals surface area contributed by atoms with Crippen LogP contribution in [0, 0.1) is 22.7 Å². The Morgan fingerprint density at radius 3 is 2.52 bits per heavy atom. The van der Waals surface area contributed by atoms with Crippen molar-refractivity contribution in [3.63, 3.8) is 0 Å². The highest BCUT2D eigenvalue weighted by Crippen LogP contribution is 2.25. The fourth-order valence-electron chi connectivity index (χ4n) is 2.96. The number of pyridine rings is 1. The zero-order valence-corrected chi connectivity index (χ0v) is 14.1. The molecule has 1 aliphatic heterocycles. The number of rotatable bonds is 3. The van der Waals surface area contributed by atoms with E-state index in [2.05, 4.69) is 18.8 Å². The van der Waals surface area contributed by atoms with Crippen molar-refractivity contribution >= 4 is 23.5 Å². The molecule has 120 valence electrons. The number of carbonyl (C=O) groups excluding carboxylic acids is 1. The van der Waals surface area contributed by atoms with E-state index in [1.807, 2.05) is 17.0 Å². The lowest BCUT2D eigenvalue weighted by Gasteiger charge is -2.39. The molecule has 6 nitrogen and oxygen atoms in total. The van der Waals surface area contributed by atoms with Gasteiger partial charge in [-0.3, -0.25) is 10.5 Å². The Kier molecular flexibility index (Phi) is 5.46. The fourth-order valence-corrected chi connectivity index (χ4v) is 3.81. The fraction of sp³-hybridized carbons (Fsp3) is 0.500. The Hall–Kier alpha value is -2.25. The van der Waals surface area contributed by atoms with Crippen molar-refractivity contribution in [3.05, 3.63) is 17.2 Å². The number of amides is 1. The number of hydrogen-bond donors (Lipinski definition) is 1. The number of nitrogen functional groups attached to an aromatic ring is 1. The molecule has 23 heavy (non-hydrogen) atoms. The SMILES string of the molecule is C[C@@H]1CCC[C@H](C)N1C(=O)CSc1[nH+]c(N)c(C#N)cc1C#N. The highest BCUT2D eigenvalue weighted by atomic mass is 32.2. The molecule has 0 aromatic carbocycles. The number of nitriles is 2. The van der Waals surface area contributed by atoms with Gasteiger partial charge in [-0.05, 0) is 39.2 Å². The standard InChI is InChI=1S/C16H19N5OS/c1-10-4-3-5-11(2)21(10)14(22)9-23-16-13(8-18)6-12(7-17)15(19)20-16/h6,10-11H,3-5,9H2,1-2H3,(H2,19,20)/p+1/t10-,11+. The summed E-state index contributed by atoms with van der Waals surface area (Å²) in [5, 5.41) is 18.7. The Morgan fingerprint density at radius 1 is 1.35 bits per heavy atom. The first kappa shape index (κ1) is 17.1. The average Bonchev–Trinajstić information content (AvgIpc) is 2.52. The highest BCUT2D eigenvalue weighted by molar-refractivity contribution is 7.99. The van der Waals surface area contributed by atoms with E-state index in [9.17, 15) is 10.1 Å².